The van der Waals surface area contributed by atoms with E-state index in [0.29, 0.717) is 24.5 Å². The van der Waals surface area contributed by atoms with Gasteiger partial charge in [-0.25, -0.2) is 0 Å². The Bertz CT molecular complexity index is 350. The van der Waals surface area contributed by atoms with Gasteiger partial charge in [0.1, 0.15) is 17.1 Å². The minimum Gasteiger partial charge on any atom is -0.496 e. The van der Waals surface area contributed by atoms with Crippen molar-refractivity contribution in [2.75, 3.05) is 27.3 Å². The van der Waals surface area contributed by atoms with Gasteiger partial charge >= 0.3 is 0 Å². The van der Waals surface area contributed by atoms with Crippen LogP contribution in [0.5, 0.6) is 11.5 Å². The van der Waals surface area contributed by atoms with E-state index in [1.165, 1.54) is 0 Å². The van der Waals surface area contributed by atoms with Crippen molar-refractivity contribution in [1.29, 1.82) is 0 Å². The van der Waals surface area contributed by atoms with Crippen LogP contribution in [0.1, 0.15) is 12.0 Å². The zero-order chi connectivity index (χ0) is 11.6. The molecule has 1 fully saturated rings. The number of ether oxygens (including phenoxy) is 2. The Kier molecular flexibility index (Phi) is 3.03. The van der Waals surface area contributed by atoms with Crippen LogP contribution in [0.4, 0.5) is 0 Å². The Morgan fingerprint density at radius 2 is 1.88 bits per heavy atom. The molecule has 1 unspecified atom stereocenters. The van der Waals surface area contributed by atoms with Gasteiger partial charge in [0.25, 0.3) is 0 Å². The van der Waals surface area contributed by atoms with Gasteiger partial charge in [-0.2, -0.15) is 0 Å². The fourth-order valence-corrected chi connectivity index (χ4v) is 2.20. The Hall–Kier alpha value is -1.26. The fourth-order valence-electron chi connectivity index (χ4n) is 2.20. The number of benzene rings is 1. The highest BCUT2D eigenvalue weighted by Crippen LogP contribution is 2.40. The summed E-state index contributed by atoms with van der Waals surface area (Å²) in [7, 11) is 3.20. The Balaban J connectivity index is 2.51. The molecule has 16 heavy (non-hydrogen) atoms. The molecule has 1 aromatic carbocycles. The molecule has 0 spiro atoms. The molecule has 0 bridgehead atoms. The topological polar surface area (TPSA) is 50.7 Å². The first-order valence-corrected chi connectivity index (χ1v) is 5.36. The number of hydrogen-bond acceptors (Lipinski definition) is 4. The Morgan fingerprint density at radius 1 is 1.25 bits per heavy atom. The van der Waals surface area contributed by atoms with Gasteiger partial charge in [0.05, 0.1) is 19.8 Å². The molecule has 0 saturated carbocycles. The molecule has 4 nitrogen and oxygen atoms in total. The van der Waals surface area contributed by atoms with E-state index in [9.17, 15) is 5.11 Å². The lowest BCUT2D eigenvalue weighted by atomic mass is 9.91. The van der Waals surface area contributed by atoms with Gasteiger partial charge in [0, 0.05) is 6.54 Å². The van der Waals surface area contributed by atoms with Gasteiger partial charge in [0.2, 0.25) is 0 Å². The van der Waals surface area contributed by atoms with Crippen molar-refractivity contribution in [1.82, 2.24) is 5.32 Å². The van der Waals surface area contributed by atoms with Crippen molar-refractivity contribution in [3.05, 3.63) is 23.8 Å². The average molecular weight is 223 g/mol. The van der Waals surface area contributed by atoms with Crippen LogP contribution in [0.3, 0.4) is 0 Å². The van der Waals surface area contributed by atoms with Gasteiger partial charge in [0.15, 0.2) is 0 Å². The minimum absolute atomic E-state index is 0.531. The Morgan fingerprint density at radius 3 is 2.31 bits per heavy atom. The van der Waals surface area contributed by atoms with Crippen molar-refractivity contribution in [2.24, 2.45) is 0 Å². The van der Waals surface area contributed by atoms with Crippen LogP contribution in [-0.2, 0) is 5.60 Å². The average Bonchev–Trinajstić information content (AvgIpc) is 2.76. The second kappa shape index (κ2) is 4.31. The first kappa shape index (κ1) is 11.2. The van der Waals surface area contributed by atoms with Gasteiger partial charge in [-0.1, -0.05) is 6.07 Å². The number of nitrogens with one attached hydrogen (secondary N) is 1. The van der Waals surface area contributed by atoms with Crippen LogP contribution in [0.2, 0.25) is 0 Å². The quantitative estimate of drug-likeness (QED) is 0.799. The van der Waals surface area contributed by atoms with Gasteiger partial charge < -0.3 is 19.9 Å². The maximum atomic E-state index is 10.6. The molecule has 0 aliphatic carbocycles. The van der Waals surface area contributed by atoms with Crippen molar-refractivity contribution < 1.29 is 14.6 Å². The highest BCUT2D eigenvalue weighted by atomic mass is 16.5. The van der Waals surface area contributed by atoms with Crippen molar-refractivity contribution in [2.45, 2.75) is 12.0 Å². The SMILES string of the molecule is COc1cccc(OC)c1C1(O)CCNC1. The van der Waals surface area contributed by atoms with E-state index in [-0.39, 0.29) is 0 Å². The van der Waals surface area contributed by atoms with Crippen LogP contribution in [0.25, 0.3) is 0 Å². The molecule has 1 atom stereocenters. The first-order valence-electron chi connectivity index (χ1n) is 5.36. The standard InChI is InChI=1S/C12H17NO3/c1-15-9-4-3-5-10(16-2)11(9)12(14)6-7-13-8-12/h3-5,13-14H,6-8H2,1-2H3. The number of hydrogen-bond donors (Lipinski definition) is 2. The summed E-state index contributed by atoms with van der Waals surface area (Å²) in [5, 5.41) is 13.7. The van der Waals surface area contributed by atoms with E-state index in [1.807, 2.05) is 18.2 Å². The fraction of sp³-hybridized carbons (Fsp3) is 0.500. The molecular formula is C12H17NO3. The third-order valence-electron chi connectivity index (χ3n) is 3.03. The molecule has 88 valence electrons. The first-order chi connectivity index (χ1) is 7.71. The van der Waals surface area contributed by atoms with E-state index in [4.69, 9.17) is 9.47 Å². The largest absolute Gasteiger partial charge is 0.496 e. The number of rotatable bonds is 3. The van der Waals surface area contributed by atoms with E-state index >= 15 is 0 Å². The van der Waals surface area contributed by atoms with Crippen molar-refractivity contribution in [3.63, 3.8) is 0 Å². The molecule has 1 aliphatic heterocycles. The third-order valence-corrected chi connectivity index (χ3v) is 3.03. The van der Waals surface area contributed by atoms with Gasteiger partial charge in [-0.15, -0.1) is 0 Å². The van der Waals surface area contributed by atoms with Crippen molar-refractivity contribution >= 4 is 0 Å². The van der Waals surface area contributed by atoms with E-state index in [1.54, 1.807) is 14.2 Å². The Labute approximate surface area is 95.2 Å². The molecule has 0 aromatic heterocycles. The van der Waals surface area contributed by atoms with Crippen LogP contribution < -0.4 is 14.8 Å². The molecule has 1 heterocycles. The third kappa shape index (κ3) is 1.74. The second-order valence-corrected chi connectivity index (χ2v) is 4.00. The van der Waals surface area contributed by atoms with Crippen LogP contribution in [-0.4, -0.2) is 32.4 Å². The van der Waals surface area contributed by atoms with E-state index in [2.05, 4.69) is 5.32 Å². The van der Waals surface area contributed by atoms with Crippen LogP contribution in [0, 0.1) is 0 Å². The summed E-state index contributed by atoms with van der Waals surface area (Å²) in [5.74, 6) is 1.34. The van der Waals surface area contributed by atoms with Crippen molar-refractivity contribution in [3.8, 4) is 11.5 Å². The summed E-state index contributed by atoms with van der Waals surface area (Å²) in [5.41, 5.74) is -0.150. The summed E-state index contributed by atoms with van der Waals surface area (Å²) < 4.78 is 10.6. The highest BCUT2D eigenvalue weighted by molar-refractivity contribution is 5.49. The smallest absolute Gasteiger partial charge is 0.128 e. The lowest BCUT2D eigenvalue weighted by Gasteiger charge is -2.26. The molecule has 1 saturated heterocycles. The molecule has 1 aliphatic rings. The summed E-state index contributed by atoms with van der Waals surface area (Å²) in [6, 6.07) is 5.54. The van der Waals surface area contributed by atoms with Gasteiger partial charge in [-0.05, 0) is 25.1 Å². The predicted molar refractivity (Wildman–Crippen MR) is 60.9 cm³/mol. The zero-order valence-corrected chi connectivity index (χ0v) is 9.62. The number of aliphatic hydroxyl groups is 1. The molecule has 1 aromatic rings. The predicted octanol–water partition coefficient (Wildman–Crippen LogP) is 0.885. The normalized spacial score (nSPS) is 24.4. The molecule has 0 radical (unpaired) electrons. The maximum Gasteiger partial charge on any atom is 0.128 e. The number of β-amino-alcohol motifs (C(OH)–C–C–N with tert-alkyl or cyclic N) is 1. The van der Waals surface area contributed by atoms with E-state index < -0.39 is 5.60 Å². The summed E-state index contributed by atoms with van der Waals surface area (Å²) in [6.07, 6.45) is 0.670. The van der Waals surface area contributed by atoms with Gasteiger partial charge in [-0.3, -0.25) is 0 Å². The van der Waals surface area contributed by atoms with Crippen LogP contribution >= 0.6 is 0 Å². The minimum atomic E-state index is -0.891. The summed E-state index contributed by atoms with van der Waals surface area (Å²) >= 11 is 0. The highest BCUT2D eigenvalue weighted by Gasteiger charge is 2.38. The molecule has 2 N–H and O–H groups in total. The molecule has 0 amide bonds. The molecule has 2 rings (SSSR count). The van der Waals surface area contributed by atoms with E-state index in [0.717, 1.165) is 12.1 Å². The number of methoxy groups -OCH3 is 2. The lowest BCUT2D eigenvalue weighted by Crippen LogP contribution is -2.29. The van der Waals surface area contributed by atoms with Crippen LogP contribution in [0.15, 0.2) is 18.2 Å². The monoisotopic (exact) mass is 223 g/mol. The second-order valence-electron chi connectivity index (χ2n) is 4.00. The molecular weight excluding hydrogens is 206 g/mol. The lowest BCUT2D eigenvalue weighted by molar-refractivity contribution is 0.0533. The molecule has 4 heteroatoms. The summed E-state index contributed by atoms with van der Waals surface area (Å²) in [6.45, 7) is 1.33. The maximum absolute atomic E-state index is 10.6. The summed E-state index contributed by atoms with van der Waals surface area (Å²) in [4.78, 5) is 0. The zero-order valence-electron chi connectivity index (χ0n) is 9.62.